The second kappa shape index (κ2) is 4.71. The molecule has 0 atom stereocenters. The number of hydrogen-bond acceptors (Lipinski definition) is 2. The molecule has 0 spiro atoms. The molecule has 2 aromatic heterocycles. The minimum absolute atomic E-state index is 0.513. The molecule has 0 unspecified atom stereocenters. The van der Waals surface area contributed by atoms with Crippen LogP contribution in [0, 0.1) is 25.2 Å². The van der Waals surface area contributed by atoms with Gasteiger partial charge in [0.1, 0.15) is 11.9 Å². The minimum atomic E-state index is 0.513. The molecule has 3 aromatic rings. The molecule has 0 aliphatic heterocycles. The molecule has 0 radical (unpaired) electrons. The summed E-state index contributed by atoms with van der Waals surface area (Å²) in [7, 11) is 0. The maximum Gasteiger partial charge on any atom is 0.149 e. The normalized spacial score (nSPS) is 11.8. The lowest BCUT2D eigenvalue weighted by atomic mass is 10.1. The van der Waals surface area contributed by atoms with Crippen LogP contribution in [0.5, 0.6) is 0 Å². The number of hydrogen-bond donors (Lipinski definition) is 2. The van der Waals surface area contributed by atoms with Crippen LogP contribution in [0.25, 0.3) is 22.7 Å². The number of allylic oxidation sites excluding steroid dienone is 1. The Labute approximate surface area is 116 Å². The summed E-state index contributed by atoms with van der Waals surface area (Å²) in [4.78, 5) is 10.8. The van der Waals surface area contributed by atoms with Gasteiger partial charge in [0.25, 0.3) is 0 Å². The van der Waals surface area contributed by atoms with E-state index in [0.29, 0.717) is 11.4 Å². The van der Waals surface area contributed by atoms with Gasteiger partial charge in [-0.15, -0.1) is 0 Å². The zero-order valence-electron chi connectivity index (χ0n) is 11.4. The van der Waals surface area contributed by atoms with Crippen molar-refractivity contribution >= 4 is 22.7 Å². The van der Waals surface area contributed by atoms with Gasteiger partial charge < -0.3 is 9.97 Å². The second-order valence-corrected chi connectivity index (χ2v) is 4.83. The van der Waals surface area contributed by atoms with Crippen molar-refractivity contribution in [3.8, 4) is 6.07 Å². The van der Waals surface area contributed by atoms with Gasteiger partial charge in [-0.05, 0) is 55.3 Å². The molecule has 0 amide bonds. The highest BCUT2D eigenvalue weighted by molar-refractivity contribution is 5.90. The van der Waals surface area contributed by atoms with Crippen molar-refractivity contribution < 1.29 is 0 Å². The van der Waals surface area contributed by atoms with E-state index < -0.39 is 0 Å². The zero-order valence-corrected chi connectivity index (χ0v) is 11.4. The Morgan fingerprint density at radius 2 is 2.10 bits per heavy atom. The predicted molar refractivity (Wildman–Crippen MR) is 79.8 cm³/mol. The highest BCUT2D eigenvalue weighted by Gasteiger charge is 2.09. The van der Waals surface area contributed by atoms with E-state index in [9.17, 15) is 5.26 Å². The molecule has 0 fully saturated rings. The number of benzene rings is 1. The van der Waals surface area contributed by atoms with Gasteiger partial charge in [-0.2, -0.15) is 5.26 Å². The molecule has 0 aliphatic carbocycles. The molecule has 4 nitrogen and oxygen atoms in total. The van der Waals surface area contributed by atoms with E-state index >= 15 is 0 Å². The number of aromatic amines is 2. The van der Waals surface area contributed by atoms with Gasteiger partial charge in [0.15, 0.2) is 0 Å². The van der Waals surface area contributed by atoms with Gasteiger partial charge in [-0.25, -0.2) is 4.98 Å². The number of nitrogens with zero attached hydrogens (tertiary/aromatic N) is 2. The van der Waals surface area contributed by atoms with E-state index in [4.69, 9.17) is 0 Å². The van der Waals surface area contributed by atoms with E-state index in [1.54, 1.807) is 6.08 Å². The quantitative estimate of drug-likeness (QED) is 0.693. The van der Waals surface area contributed by atoms with E-state index in [1.165, 1.54) is 11.1 Å². The van der Waals surface area contributed by atoms with Crippen LogP contribution in [-0.2, 0) is 0 Å². The first-order valence-corrected chi connectivity index (χ1v) is 6.40. The number of rotatable bonds is 2. The number of aromatic nitrogens is 3. The summed E-state index contributed by atoms with van der Waals surface area (Å²) in [6, 6.07) is 10.1. The number of aryl methyl sites for hydroxylation is 2. The standard InChI is InChI=1S/C16H14N4/c1-10-6-14-15(7-11(10)2)20-16(19-14)12(9-17)8-13-4-3-5-18-13/h3-8,18H,1-2H3,(H,19,20). The Hall–Kier alpha value is -2.80. The molecule has 3 rings (SSSR count). The summed E-state index contributed by atoms with van der Waals surface area (Å²) in [6.07, 6.45) is 3.61. The van der Waals surface area contributed by atoms with E-state index in [1.807, 2.05) is 24.4 Å². The summed E-state index contributed by atoms with van der Waals surface area (Å²) < 4.78 is 0. The molecule has 20 heavy (non-hydrogen) atoms. The Morgan fingerprint density at radius 3 is 2.80 bits per heavy atom. The lowest BCUT2D eigenvalue weighted by Crippen LogP contribution is -1.84. The maximum absolute atomic E-state index is 9.32. The smallest absolute Gasteiger partial charge is 0.149 e. The van der Waals surface area contributed by atoms with Crippen molar-refractivity contribution in [2.75, 3.05) is 0 Å². The number of nitrogens with one attached hydrogen (secondary N) is 2. The molecular weight excluding hydrogens is 248 g/mol. The Kier molecular flexibility index (Phi) is 2.88. The van der Waals surface area contributed by atoms with Crippen molar-refractivity contribution in [2.45, 2.75) is 13.8 Å². The van der Waals surface area contributed by atoms with Crippen LogP contribution >= 0.6 is 0 Å². The van der Waals surface area contributed by atoms with Crippen LogP contribution in [0.1, 0.15) is 22.6 Å². The number of imidazole rings is 1. The average Bonchev–Trinajstić information content (AvgIpc) is 3.05. The molecule has 2 heterocycles. The monoisotopic (exact) mass is 262 g/mol. The summed E-state index contributed by atoms with van der Waals surface area (Å²) in [6.45, 7) is 4.12. The van der Waals surface area contributed by atoms with Crippen molar-refractivity contribution in [3.63, 3.8) is 0 Å². The lowest BCUT2D eigenvalue weighted by Gasteiger charge is -1.97. The molecule has 0 bridgehead atoms. The third-order valence-corrected chi connectivity index (χ3v) is 3.39. The Morgan fingerprint density at radius 1 is 1.30 bits per heavy atom. The van der Waals surface area contributed by atoms with Crippen molar-refractivity contribution in [3.05, 3.63) is 53.1 Å². The lowest BCUT2D eigenvalue weighted by molar-refractivity contribution is 1.27. The molecule has 4 heteroatoms. The third-order valence-electron chi connectivity index (χ3n) is 3.39. The fourth-order valence-corrected chi connectivity index (χ4v) is 2.14. The van der Waals surface area contributed by atoms with Crippen LogP contribution in [0.15, 0.2) is 30.5 Å². The van der Waals surface area contributed by atoms with Crippen molar-refractivity contribution in [2.24, 2.45) is 0 Å². The van der Waals surface area contributed by atoms with Gasteiger partial charge in [0, 0.05) is 11.9 Å². The van der Waals surface area contributed by atoms with Crippen LogP contribution in [0.3, 0.4) is 0 Å². The van der Waals surface area contributed by atoms with Crippen LogP contribution in [0.4, 0.5) is 0 Å². The molecule has 0 saturated carbocycles. The molecule has 98 valence electrons. The molecule has 1 aromatic carbocycles. The van der Waals surface area contributed by atoms with Crippen LogP contribution in [-0.4, -0.2) is 15.0 Å². The van der Waals surface area contributed by atoms with E-state index in [-0.39, 0.29) is 0 Å². The van der Waals surface area contributed by atoms with E-state index in [0.717, 1.165) is 16.7 Å². The third kappa shape index (κ3) is 2.10. The Balaban J connectivity index is 2.11. The average molecular weight is 262 g/mol. The first kappa shape index (κ1) is 12.2. The summed E-state index contributed by atoms with van der Waals surface area (Å²) in [5.74, 6) is 0.599. The van der Waals surface area contributed by atoms with Gasteiger partial charge in [0.2, 0.25) is 0 Å². The fourth-order valence-electron chi connectivity index (χ4n) is 2.14. The zero-order chi connectivity index (χ0) is 14.1. The summed E-state index contributed by atoms with van der Waals surface area (Å²) in [5, 5.41) is 9.32. The Bertz CT molecular complexity index is 790. The highest BCUT2D eigenvalue weighted by atomic mass is 14.9. The topological polar surface area (TPSA) is 68.3 Å². The number of nitriles is 1. The highest BCUT2D eigenvalue weighted by Crippen LogP contribution is 2.21. The summed E-state index contributed by atoms with van der Waals surface area (Å²) >= 11 is 0. The summed E-state index contributed by atoms with van der Waals surface area (Å²) in [5.41, 5.74) is 5.64. The van der Waals surface area contributed by atoms with Gasteiger partial charge in [-0.3, -0.25) is 0 Å². The van der Waals surface area contributed by atoms with Crippen molar-refractivity contribution in [1.82, 2.24) is 15.0 Å². The van der Waals surface area contributed by atoms with Gasteiger partial charge >= 0.3 is 0 Å². The first-order valence-electron chi connectivity index (χ1n) is 6.40. The number of H-pyrrole nitrogens is 2. The minimum Gasteiger partial charge on any atom is -0.362 e. The van der Waals surface area contributed by atoms with Crippen LogP contribution < -0.4 is 0 Å². The van der Waals surface area contributed by atoms with Gasteiger partial charge in [-0.1, -0.05) is 0 Å². The number of fused-ring (bicyclic) bond motifs is 1. The SMILES string of the molecule is Cc1cc2nc(C(C#N)=Cc3ccc[nH]3)[nH]c2cc1C. The molecule has 0 saturated heterocycles. The largest absolute Gasteiger partial charge is 0.362 e. The predicted octanol–water partition coefficient (Wildman–Crippen LogP) is 3.57. The molecule has 0 aliphatic rings. The van der Waals surface area contributed by atoms with Crippen LogP contribution in [0.2, 0.25) is 0 Å². The molecular formula is C16H14N4. The fraction of sp³-hybridized carbons (Fsp3) is 0.125. The van der Waals surface area contributed by atoms with Crippen molar-refractivity contribution in [1.29, 1.82) is 5.26 Å². The second-order valence-electron chi connectivity index (χ2n) is 4.83. The van der Waals surface area contributed by atoms with Gasteiger partial charge in [0.05, 0.1) is 16.6 Å². The molecule has 2 N–H and O–H groups in total. The maximum atomic E-state index is 9.32. The van der Waals surface area contributed by atoms with E-state index in [2.05, 4.69) is 40.9 Å². The first-order chi connectivity index (χ1) is 9.67.